The van der Waals surface area contributed by atoms with Crippen LogP contribution in [0.4, 0.5) is 5.82 Å². The van der Waals surface area contributed by atoms with Crippen molar-refractivity contribution in [2.24, 2.45) is 0 Å². The van der Waals surface area contributed by atoms with Crippen LogP contribution in [-0.2, 0) is 0 Å². The molecule has 4 rings (SSSR count). The summed E-state index contributed by atoms with van der Waals surface area (Å²) in [5, 5.41) is 8.16. The van der Waals surface area contributed by atoms with Gasteiger partial charge in [0.1, 0.15) is 15.7 Å². The SMILES string of the molecule is Cc1ccccc1-c1nc(C)c(C(=O)Nc2ccnn2C2CC2)s1. The van der Waals surface area contributed by atoms with Crippen molar-refractivity contribution in [1.82, 2.24) is 14.8 Å². The van der Waals surface area contributed by atoms with Crippen LogP contribution in [0.15, 0.2) is 36.5 Å². The summed E-state index contributed by atoms with van der Waals surface area (Å²) in [5.41, 5.74) is 2.99. The molecule has 0 bridgehead atoms. The third-order valence-corrected chi connectivity index (χ3v) is 5.37. The van der Waals surface area contributed by atoms with Gasteiger partial charge in [-0.15, -0.1) is 11.3 Å². The highest BCUT2D eigenvalue weighted by Gasteiger charge is 2.27. The number of hydrogen-bond acceptors (Lipinski definition) is 4. The Hall–Kier alpha value is -2.47. The first kappa shape index (κ1) is 15.1. The Morgan fingerprint density at radius 3 is 2.79 bits per heavy atom. The maximum absolute atomic E-state index is 12.7. The number of anilines is 1. The van der Waals surface area contributed by atoms with Crippen molar-refractivity contribution < 1.29 is 4.79 Å². The largest absolute Gasteiger partial charge is 0.306 e. The van der Waals surface area contributed by atoms with Crippen LogP contribution in [0, 0.1) is 13.8 Å². The minimum absolute atomic E-state index is 0.118. The highest BCUT2D eigenvalue weighted by atomic mass is 32.1. The van der Waals surface area contributed by atoms with Crippen LogP contribution in [-0.4, -0.2) is 20.7 Å². The fourth-order valence-electron chi connectivity index (χ4n) is 2.73. The van der Waals surface area contributed by atoms with Gasteiger partial charge in [0, 0.05) is 11.6 Å². The summed E-state index contributed by atoms with van der Waals surface area (Å²) in [6, 6.07) is 10.4. The third-order valence-electron chi connectivity index (χ3n) is 4.18. The highest BCUT2D eigenvalue weighted by molar-refractivity contribution is 7.17. The molecule has 0 aliphatic heterocycles. The van der Waals surface area contributed by atoms with Gasteiger partial charge in [0.05, 0.1) is 17.9 Å². The number of carbonyl (C=O) groups is 1. The van der Waals surface area contributed by atoms with Crippen molar-refractivity contribution in [1.29, 1.82) is 0 Å². The van der Waals surface area contributed by atoms with E-state index in [2.05, 4.69) is 28.4 Å². The molecule has 2 heterocycles. The summed E-state index contributed by atoms with van der Waals surface area (Å²) >= 11 is 1.43. The van der Waals surface area contributed by atoms with Gasteiger partial charge in [-0.3, -0.25) is 4.79 Å². The zero-order valence-electron chi connectivity index (χ0n) is 13.6. The van der Waals surface area contributed by atoms with E-state index < -0.39 is 0 Å². The van der Waals surface area contributed by atoms with Crippen molar-refractivity contribution >= 4 is 23.1 Å². The number of hydrogen-bond donors (Lipinski definition) is 1. The molecule has 0 atom stereocenters. The van der Waals surface area contributed by atoms with E-state index >= 15 is 0 Å². The van der Waals surface area contributed by atoms with Crippen LogP contribution in [0.3, 0.4) is 0 Å². The van der Waals surface area contributed by atoms with Crippen molar-refractivity contribution in [3.05, 3.63) is 52.7 Å². The molecule has 1 saturated carbocycles. The lowest BCUT2D eigenvalue weighted by Gasteiger charge is -2.07. The van der Waals surface area contributed by atoms with Crippen molar-refractivity contribution in [3.8, 4) is 10.6 Å². The van der Waals surface area contributed by atoms with E-state index in [1.165, 1.54) is 11.3 Å². The van der Waals surface area contributed by atoms with Gasteiger partial charge in [0.2, 0.25) is 0 Å². The molecule has 3 aromatic rings. The summed E-state index contributed by atoms with van der Waals surface area (Å²) in [5.74, 6) is 0.639. The molecule has 0 spiro atoms. The Labute approximate surface area is 144 Å². The molecule has 6 heteroatoms. The van der Waals surface area contributed by atoms with Gasteiger partial charge in [-0.1, -0.05) is 24.3 Å². The maximum Gasteiger partial charge on any atom is 0.268 e. The minimum Gasteiger partial charge on any atom is -0.306 e. The van der Waals surface area contributed by atoms with Gasteiger partial charge in [-0.05, 0) is 32.3 Å². The number of nitrogens with one attached hydrogen (secondary N) is 1. The lowest BCUT2D eigenvalue weighted by Crippen LogP contribution is -2.15. The van der Waals surface area contributed by atoms with E-state index in [4.69, 9.17) is 0 Å². The highest BCUT2D eigenvalue weighted by Crippen LogP contribution is 2.37. The number of aromatic nitrogens is 3. The van der Waals surface area contributed by atoms with Crippen LogP contribution in [0.5, 0.6) is 0 Å². The lowest BCUT2D eigenvalue weighted by molar-refractivity contribution is 0.102. The first-order valence-corrected chi connectivity index (χ1v) is 8.83. The molecule has 1 N–H and O–H groups in total. The standard InChI is InChI=1S/C18H18N4OS/c1-11-5-3-4-6-14(11)18-20-12(2)16(24-18)17(23)21-15-9-10-19-22(15)13-7-8-13/h3-6,9-10,13H,7-8H2,1-2H3,(H,21,23). The predicted molar refractivity (Wildman–Crippen MR) is 95.5 cm³/mol. The number of amides is 1. The minimum atomic E-state index is -0.118. The molecule has 1 aromatic carbocycles. The average Bonchev–Trinajstić information content (AvgIpc) is 3.18. The van der Waals surface area contributed by atoms with Gasteiger partial charge >= 0.3 is 0 Å². The molecule has 0 unspecified atom stereocenters. The van der Waals surface area contributed by atoms with Crippen molar-refractivity contribution in [2.75, 3.05) is 5.32 Å². The van der Waals surface area contributed by atoms with Gasteiger partial charge in [0.15, 0.2) is 0 Å². The summed E-state index contributed by atoms with van der Waals surface area (Å²) in [7, 11) is 0. The van der Waals surface area contributed by atoms with E-state index in [1.807, 2.05) is 35.9 Å². The second-order valence-electron chi connectivity index (χ2n) is 6.09. The third kappa shape index (κ3) is 2.73. The average molecular weight is 338 g/mol. The zero-order chi connectivity index (χ0) is 16.7. The molecule has 1 fully saturated rings. The molecule has 24 heavy (non-hydrogen) atoms. The van der Waals surface area contributed by atoms with Gasteiger partial charge in [-0.2, -0.15) is 5.10 Å². The maximum atomic E-state index is 12.7. The monoisotopic (exact) mass is 338 g/mol. The van der Waals surface area contributed by atoms with E-state index in [1.54, 1.807) is 6.20 Å². The van der Waals surface area contributed by atoms with Crippen LogP contribution in [0.25, 0.3) is 10.6 Å². The van der Waals surface area contributed by atoms with Crippen LogP contribution in [0.2, 0.25) is 0 Å². The quantitative estimate of drug-likeness (QED) is 0.775. The first-order valence-electron chi connectivity index (χ1n) is 8.02. The predicted octanol–water partition coefficient (Wildman–Crippen LogP) is 4.21. The number of aryl methyl sites for hydroxylation is 2. The fraction of sp³-hybridized carbons (Fsp3) is 0.278. The van der Waals surface area contributed by atoms with E-state index in [-0.39, 0.29) is 5.91 Å². The molecule has 1 amide bonds. The normalized spacial score (nSPS) is 13.9. The number of thiazole rings is 1. The molecule has 0 radical (unpaired) electrons. The van der Waals surface area contributed by atoms with Crippen LogP contribution in [0.1, 0.15) is 39.8 Å². The number of rotatable bonds is 4. The molecular weight excluding hydrogens is 320 g/mol. The van der Waals surface area contributed by atoms with Gasteiger partial charge in [0.25, 0.3) is 5.91 Å². The summed E-state index contributed by atoms with van der Waals surface area (Å²) in [6.07, 6.45) is 3.98. The van der Waals surface area contributed by atoms with E-state index in [9.17, 15) is 4.79 Å². The number of benzene rings is 1. The van der Waals surface area contributed by atoms with Crippen molar-refractivity contribution in [3.63, 3.8) is 0 Å². The second-order valence-corrected chi connectivity index (χ2v) is 7.09. The Morgan fingerprint density at radius 1 is 1.25 bits per heavy atom. The number of nitrogens with zero attached hydrogens (tertiary/aromatic N) is 3. The Balaban J connectivity index is 1.61. The molecule has 1 aliphatic rings. The Bertz CT molecular complexity index is 907. The Morgan fingerprint density at radius 2 is 2.04 bits per heavy atom. The smallest absolute Gasteiger partial charge is 0.268 e. The van der Waals surface area contributed by atoms with Gasteiger partial charge < -0.3 is 5.32 Å². The molecule has 0 saturated heterocycles. The topological polar surface area (TPSA) is 59.8 Å². The molecule has 2 aromatic heterocycles. The lowest BCUT2D eigenvalue weighted by atomic mass is 10.1. The van der Waals surface area contributed by atoms with Gasteiger partial charge in [-0.25, -0.2) is 9.67 Å². The first-order chi connectivity index (χ1) is 11.6. The summed E-state index contributed by atoms with van der Waals surface area (Å²) in [6.45, 7) is 3.94. The molecule has 5 nitrogen and oxygen atoms in total. The number of carbonyl (C=O) groups excluding carboxylic acids is 1. The summed E-state index contributed by atoms with van der Waals surface area (Å²) < 4.78 is 1.90. The van der Waals surface area contributed by atoms with E-state index in [0.717, 1.165) is 40.5 Å². The van der Waals surface area contributed by atoms with Crippen LogP contribution < -0.4 is 5.32 Å². The molecule has 1 aliphatic carbocycles. The fourth-order valence-corrected chi connectivity index (χ4v) is 3.78. The zero-order valence-corrected chi connectivity index (χ0v) is 14.4. The van der Waals surface area contributed by atoms with Crippen molar-refractivity contribution in [2.45, 2.75) is 32.7 Å². The second kappa shape index (κ2) is 5.87. The van der Waals surface area contributed by atoms with E-state index in [0.29, 0.717) is 10.9 Å². The molecular formula is C18H18N4OS. The Kier molecular flexibility index (Phi) is 3.69. The molecule has 122 valence electrons. The van der Waals surface area contributed by atoms with Crippen LogP contribution >= 0.6 is 11.3 Å². The summed E-state index contributed by atoms with van der Waals surface area (Å²) in [4.78, 5) is 17.9.